The van der Waals surface area contributed by atoms with Crippen LogP contribution in [0.3, 0.4) is 0 Å². The summed E-state index contributed by atoms with van der Waals surface area (Å²) >= 11 is 5.81. The largest absolute Gasteiger partial charge is 0.416 e. The van der Waals surface area contributed by atoms with Crippen LogP contribution in [-0.2, 0) is 11.0 Å². The lowest BCUT2D eigenvalue weighted by Crippen LogP contribution is -2.31. The van der Waals surface area contributed by atoms with Gasteiger partial charge in [0.1, 0.15) is 0 Å². The third kappa shape index (κ3) is 6.25. The molecule has 2 N–H and O–H groups in total. The van der Waals surface area contributed by atoms with E-state index in [-0.39, 0.29) is 23.2 Å². The van der Waals surface area contributed by atoms with Crippen molar-refractivity contribution in [3.8, 4) is 0 Å². The molecule has 0 unspecified atom stereocenters. The SMILES string of the molecule is CC(C)CCNC(=O)CNc1cc(C(F)(F)F)ccc1Cl. The maximum atomic E-state index is 12.6. The highest BCUT2D eigenvalue weighted by Gasteiger charge is 2.30. The van der Waals surface area contributed by atoms with Crippen LogP contribution in [0.5, 0.6) is 0 Å². The zero-order valence-electron chi connectivity index (χ0n) is 11.9. The molecule has 3 nitrogen and oxygen atoms in total. The van der Waals surface area contributed by atoms with Gasteiger partial charge in [0.25, 0.3) is 0 Å². The Morgan fingerprint density at radius 3 is 2.57 bits per heavy atom. The highest BCUT2D eigenvalue weighted by molar-refractivity contribution is 6.33. The zero-order valence-corrected chi connectivity index (χ0v) is 12.6. The van der Waals surface area contributed by atoms with Crippen molar-refractivity contribution in [3.05, 3.63) is 28.8 Å². The fraction of sp³-hybridized carbons (Fsp3) is 0.500. The summed E-state index contributed by atoms with van der Waals surface area (Å²) in [5.41, 5.74) is -0.722. The lowest BCUT2D eigenvalue weighted by atomic mass is 10.1. The number of rotatable bonds is 6. The summed E-state index contributed by atoms with van der Waals surface area (Å²) in [4.78, 5) is 11.6. The van der Waals surface area contributed by atoms with E-state index in [0.717, 1.165) is 24.6 Å². The molecule has 0 spiro atoms. The van der Waals surface area contributed by atoms with Gasteiger partial charge in [-0.05, 0) is 30.5 Å². The fourth-order valence-corrected chi connectivity index (χ4v) is 1.76. The monoisotopic (exact) mass is 322 g/mol. The highest BCUT2D eigenvalue weighted by Crippen LogP contribution is 2.33. The van der Waals surface area contributed by atoms with Crippen molar-refractivity contribution in [1.29, 1.82) is 0 Å². The lowest BCUT2D eigenvalue weighted by molar-refractivity contribution is -0.137. The van der Waals surface area contributed by atoms with Gasteiger partial charge in [-0.3, -0.25) is 4.79 Å². The number of carbonyl (C=O) groups excluding carboxylic acids is 1. The minimum absolute atomic E-state index is 0.0884. The molecule has 21 heavy (non-hydrogen) atoms. The third-order valence-corrected chi connectivity index (χ3v) is 3.11. The van der Waals surface area contributed by atoms with Crippen LogP contribution in [0.15, 0.2) is 18.2 Å². The molecule has 0 aromatic heterocycles. The summed E-state index contributed by atoms with van der Waals surface area (Å²) in [6.07, 6.45) is -3.60. The van der Waals surface area contributed by atoms with Crippen molar-refractivity contribution < 1.29 is 18.0 Å². The molecule has 1 aromatic carbocycles. The van der Waals surface area contributed by atoms with Gasteiger partial charge in [-0.2, -0.15) is 13.2 Å². The standard InChI is InChI=1S/C14H18ClF3N2O/c1-9(2)5-6-19-13(21)8-20-12-7-10(14(16,17)18)3-4-11(12)15/h3-4,7,9,20H,5-6,8H2,1-2H3,(H,19,21). The molecule has 0 fully saturated rings. The number of amides is 1. The average Bonchev–Trinajstić information content (AvgIpc) is 2.36. The first-order valence-corrected chi connectivity index (χ1v) is 6.95. The van der Waals surface area contributed by atoms with Crippen LogP contribution in [0.25, 0.3) is 0 Å². The van der Waals surface area contributed by atoms with Crippen molar-refractivity contribution in [2.24, 2.45) is 5.92 Å². The van der Waals surface area contributed by atoms with Gasteiger partial charge in [-0.25, -0.2) is 0 Å². The van der Waals surface area contributed by atoms with Crippen LogP contribution in [0.1, 0.15) is 25.8 Å². The van der Waals surface area contributed by atoms with E-state index in [4.69, 9.17) is 11.6 Å². The Morgan fingerprint density at radius 1 is 1.33 bits per heavy atom. The molecule has 1 rings (SSSR count). The highest BCUT2D eigenvalue weighted by atomic mass is 35.5. The van der Waals surface area contributed by atoms with Crippen LogP contribution >= 0.6 is 11.6 Å². The molecular formula is C14H18ClF3N2O. The van der Waals surface area contributed by atoms with Crippen LogP contribution in [0, 0.1) is 5.92 Å². The summed E-state index contributed by atoms with van der Waals surface area (Å²) in [7, 11) is 0. The van der Waals surface area contributed by atoms with Gasteiger partial charge in [-0.15, -0.1) is 0 Å². The molecular weight excluding hydrogens is 305 g/mol. The number of hydrogen-bond donors (Lipinski definition) is 2. The third-order valence-electron chi connectivity index (χ3n) is 2.78. The number of anilines is 1. The van der Waals surface area contributed by atoms with E-state index in [0.29, 0.717) is 12.5 Å². The van der Waals surface area contributed by atoms with E-state index in [9.17, 15) is 18.0 Å². The predicted molar refractivity (Wildman–Crippen MR) is 77.4 cm³/mol. The zero-order chi connectivity index (χ0) is 16.0. The number of halogens is 4. The first-order valence-electron chi connectivity index (χ1n) is 6.57. The quantitative estimate of drug-likeness (QED) is 0.833. The minimum atomic E-state index is -4.44. The normalized spacial score (nSPS) is 11.6. The van der Waals surface area contributed by atoms with Gasteiger partial charge >= 0.3 is 6.18 Å². The molecule has 0 aliphatic carbocycles. The number of alkyl halides is 3. The summed E-state index contributed by atoms with van der Waals surface area (Å²) in [5.74, 6) is 0.181. The van der Waals surface area contributed by atoms with Crippen LogP contribution < -0.4 is 10.6 Å². The molecule has 0 aliphatic rings. The molecule has 0 heterocycles. The molecule has 0 bridgehead atoms. The number of hydrogen-bond acceptors (Lipinski definition) is 2. The van der Waals surface area contributed by atoms with E-state index < -0.39 is 11.7 Å². The van der Waals surface area contributed by atoms with Crippen molar-refractivity contribution in [1.82, 2.24) is 5.32 Å². The van der Waals surface area contributed by atoms with E-state index in [1.807, 2.05) is 13.8 Å². The van der Waals surface area contributed by atoms with E-state index >= 15 is 0 Å². The van der Waals surface area contributed by atoms with Gasteiger partial charge < -0.3 is 10.6 Å². The second-order valence-corrected chi connectivity index (χ2v) is 5.49. The smallest absolute Gasteiger partial charge is 0.375 e. The molecule has 118 valence electrons. The van der Waals surface area contributed by atoms with Gasteiger partial charge in [0, 0.05) is 6.54 Å². The molecule has 0 atom stereocenters. The maximum Gasteiger partial charge on any atom is 0.416 e. The van der Waals surface area contributed by atoms with E-state index in [1.165, 1.54) is 0 Å². The maximum absolute atomic E-state index is 12.6. The summed E-state index contributed by atoms with van der Waals surface area (Å²) < 4.78 is 37.8. The minimum Gasteiger partial charge on any atom is -0.375 e. The molecule has 7 heteroatoms. The molecule has 0 saturated carbocycles. The Balaban J connectivity index is 2.57. The van der Waals surface area contributed by atoms with Crippen LogP contribution in [0.4, 0.5) is 18.9 Å². The fourth-order valence-electron chi connectivity index (χ4n) is 1.58. The lowest BCUT2D eigenvalue weighted by Gasteiger charge is -2.12. The Kier molecular flexibility index (Phi) is 6.33. The van der Waals surface area contributed by atoms with Crippen LogP contribution in [-0.4, -0.2) is 19.0 Å². The number of nitrogens with one attached hydrogen (secondary N) is 2. The Bertz CT molecular complexity index is 490. The number of benzene rings is 1. The predicted octanol–water partition coefficient (Wildman–Crippen LogP) is 3.93. The first-order chi connectivity index (χ1) is 9.70. The molecule has 0 aliphatic heterocycles. The summed E-state index contributed by atoms with van der Waals surface area (Å²) in [6.45, 7) is 4.48. The summed E-state index contributed by atoms with van der Waals surface area (Å²) in [5, 5.41) is 5.44. The van der Waals surface area contributed by atoms with Crippen molar-refractivity contribution in [2.45, 2.75) is 26.4 Å². The van der Waals surface area contributed by atoms with Gasteiger partial charge in [-0.1, -0.05) is 25.4 Å². The average molecular weight is 323 g/mol. The van der Waals surface area contributed by atoms with Crippen LogP contribution in [0.2, 0.25) is 5.02 Å². The van der Waals surface area contributed by atoms with Gasteiger partial charge in [0.05, 0.1) is 22.8 Å². The second-order valence-electron chi connectivity index (χ2n) is 5.08. The summed E-state index contributed by atoms with van der Waals surface area (Å²) in [6, 6.07) is 2.95. The van der Waals surface area contributed by atoms with Crippen molar-refractivity contribution >= 4 is 23.2 Å². The number of carbonyl (C=O) groups is 1. The molecule has 0 radical (unpaired) electrons. The van der Waals surface area contributed by atoms with E-state index in [1.54, 1.807) is 0 Å². The second kappa shape index (κ2) is 7.54. The Labute approximate surface area is 126 Å². The molecule has 1 aromatic rings. The van der Waals surface area contributed by atoms with Crippen molar-refractivity contribution in [3.63, 3.8) is 0 Å². The topological polar surface area (TPSA) is 41.1 Å². The first kappa shape index (κ1) is 17.6. The Morgan fingerprint density at radius 2 is 2.00 bits per heavy atom. The molecule has 0 saturated heterocycles. The van der Waals surface area contributed by atoms with Crippen molar-refractivity contribution in [2.75, 3.05) is 18.4 Å². The van der Waals surface area contributed by atoms with Gasteiger partial charge in [0.15, 0.2) is 0 Å². The molecule has 1 amide bonds. The van der Waals surface area contributed by atoms with E-state index in [2.05, 4.69) is 10.6 Å². The van der Waals surface area contributed by atoms with Gasteiger partial charge in [0.2, 0.25) is 5.91 Å². The Hall–Kier alpha value is -1.43.